The summed E-state index contributed by atoms with van der Waals surface area (Å²) in [5, 5.41) is 0. The van der Waals surface area contributed by atoms with Gasteiger partial charge in [0.1, 0.15) is 0 Å². The quantitative estimate of drug-likeness (QED) is 0.361. The van der Waals surface area contributed by atoms with Gasteiger partial charge in [-0.2, -0.15) is 0 Å². The molecule has 35 heavy (non-hydrogen) atoms. The van der Waals surface area contributed by atoms with E-state index in [0.717, 1.165) is 22.6 Å². The number of piperidine rings is 1. The van der Waals surface area contributed by atoms with Crippen molar-refractivity contribution in [1.29, 1.82) is 0 Å². The molecule has 2 aliphatic heterocycles. The maximum absolute atomic E-state index is 13.4. The number of rotatable bonds is 6. The standard InChI is InChI=1S/C29H28N2O3S/c32-27(31-19-16-21-8-4-6-12-25(21)31)20-35-26-13-7-5-11-24(26)29(34)30-17-14-23(15-18-30)28(33)22-9-2-1-3-10-22/h1-13,23H,14-20H2. The van der Waals surface area contributed by atoms with E-state index in [2.05, 4.69) is 6.07 Å². The predicted molar refractivity (Wildman–Crippen MR) is 139 cm³/mol. The number of para-hydroxylation sites is 1. The lowest BCUT2D eigenvalue weighted by molar-refractivity contribution is -0.116. The molecule has 5 rings (SSSR count). The van der Waals surface area contributed by atoms with E-state index in [0.29, 0.717) is 38.0 Å². The average molecular weight is 485 g/mol. The van der Waals surface area contributed by atoms with Crippen LogP contribution in [0.1, 0.15) is 39.1 Å². The van der Waals surface area contributed by atoms with Gasteiger partial charge in [-0.15, -0.1) is 11.8 Å². The monoisotopic (exact) mass is 484 g/mol. The molecule has 3 aromatic carbocycles. The first-order chi connectivity index (χ1) is 17.1. The van der Waals surface area contributed by atoms with Crippen LogP contribution in [-0.4, -0.2) is 47.9 Å². The molecule has 0 bridgehead atoms. The number of anilines is 1. The summed E-state index contributed by atoms with van der Waals surface area (Å²) in [7, 11) is 0. The van der Waals surface area contributed by atoms with E-state index in [1.165, 1.54) is 17.3 Å². The Bertz CT molecular complexity index is 1240. The van der Waals surface area contributed by atoms with E-state index in [9.17, 15) is 14.4 Å². The van der Waals surface area contributed by atoms with E-state index in [1.807, 2.05) is 82.6 Å². The van der Waals surface area contributed by atoms with Gasteiger partial charge < -0.3 is 9.80 Å². The van der Waals surface area contributed by atoms with Crippen LogP contribution in [0.15, 0.2) is 83.8 Å². The van der Waals surface area contributed by atoms with Gasteiger partial charge in [0.25, 0.3) is 5.91 Å². The fourth-order valence-electron chi connectivity index (χ4n) is 4.94. The largest absolute Gasteiger partial charge is 0.339 e. The SMILES string of the molecule is O=C(c1ccccc1)C1CCN(C(=O)c2ccccc2SCC(=O)N2CCc3ccccc32)CC1. The van der Waals surface area contributed by atoms with Crippen molar-refractivity contribution in [3.8, 4) is 0 Å². The summed E-state index contributed by atoms with van der Waals surface area (Å²) in [5.41, 5.74) is 3.57. The van der Waals surface area contributed by atoms with Crippen LogP contribution in [0.25, 0.3) is 0 Å². The Morgan fingerprint density at radius 2 is 1.49 bits per heavy atom. The Balaban J connectivity index is 1.20. The lowest BCUT2D eigenvalue weighted by Gasteiger charge is -2.32. The summed E-state index contributed by atoms with van der Waals surface area (Å²) in [6, 6.07) is 24.9. The Morgan fingerprint density at radius 3 is 2.29 bits per heavy atom. The van der Waals surface area contributed by atoms with Crippen molar-refractivity contribution in [2.45, 2.75) is 24.2 Å². The van der Waals surface area contributed by atoms with Gasteiger partial charge in [-0.3, -0.25) is 14.4 Å². The van der Waals surface area contributed by atoms with Crippen LogP contribution in [0.2, 0.25) is 0 Å². The third-order valence-corrected chi connectivity index (χ3v) is 7.93. The van der Waals surface area contributed by atoms with Crippen molar-refractivity contribution in [3.63, 3.8) is 0 Å². The van der Waals surface area contributed by atoms with E-state index in [1.54, 1.807) is 0 Å². The minimum absolute atomic E-state index is 0.0299. The van der Waals surface area contributed by atoms with Crippen molar-refractivity contribution in [2.75, 3.05) is 30.3 Å². The molecule has 2 amide bonds. The number of carbonyl (C=O) groups is 3. The van der Waals surface area contributed by atoms with Gasteiger partial charge in [0.15, 0.2) is 5.78 Å². The lowest BCUT2D eigenvalue weighted by Crippen LogP contribution is -2.40. The van der Waals surface area contributed by atoms with Gasteiger partial charge in [-0.1, -0.05) is 60.7 Å². The molecule has 0 unspecified atom stereocenters. The highest BCUT2D eigenvalue weighted by molar-refractivity contribution is 8.00. The minimum Gasteiger partial charge on any atom is -0.339 e. The van der Waals surface area contributed by atoms with Gasteiger partial charge in [0.05, 0.1) is 11.3 Å². The molecule has 1 fully saturated rings. The zero-order valence-electron chi connectivity index (χ0n) is 19.6. The Labute approximate surface area is 210 Å². The van der Waals surface area contributed by atoms with E-state index in [4.69, 9.17) is 0 Å². The first kappa shape index (κ1) is 23.4. The molecule has 3 aromatic rings. The molecule has 0 saturated carbocycles. The van der Waals surface area contributed by atoms with Crippen molar-refractivity contribution >= 4 is 35.0 Å². The molecular formula is C29H28N2O3S. The van der Waals surface area contributed by atoms with Gasteiger partial charge in [0, 0.05) is 41.7 Å². The highest BCUT2D eigenvalue weighted by Gasteiger charge is 2.30. The van der Waals surface area contributed by atoms with Gasteiger partial charge in [0.2, 0.25) is 5.91 Å². The van der Waals surface area contributed by atoms with Crippen molar-refractivity contribution in [3.05, 3.63) is 95.6 Å². The number of carbonyl (C=O) groups excluding carboxylic acids is 3. The fraction of sp³-hybridized carbons (Fsp3) is 0.276. The molecular weight excluding hydrogens is 456 g/mol. The second-order valence-electron chi connectivity index (χ2n) is 9.01. The van der Waals surface area contributed by atoms with E-state index >= 15 is 0 Å². The summed E-state index contributed by atoms with van der Waals surface area (Å²) < 4.78 is 0. The summed E-state index contributed by atoms with van der Waals surface area (Å²) >= 11 is 1.42. The Kier molecular flexibility index (Phi) is 7.00. The normalized spacial score (nSPS) is 15.7. The van der Waals surface area contributed by atoms with Crippen molar-refractivity contribution < 1.29 is 14.4 Å². The molecule has 5 nitrogen and oxygen atoms in total. The number of hydrogen-bond acceptors (Lipinski definition) is 4. The molecule has 0 aliphatic carbocycles. The van der Waals surface area contributed by atoms with Gasteiger partial charge >= 0.3 is 0 Å². The third-order valence-electron chi connectivity index (χ3n) is 6.87. The zero-order valence-corrected chi connectivity index (χ0v) is 20.4. The smallest absolute Gasteiger partial charge is 0.254 e. The number of benzene rings is 3. The predicted octanol–water partition coefficient (Wildman–Crippen LogP) is 5.10. The van der Waals surface area contributed by atoms with Crippen molar-refractivity contribution in [1.82, 2.24) is 4.90 Å². The molecule has 6 heteroatoms. The summed E-state index contributed by atoms with van der Waals surface area (Å²) in [5.74, 6) is 0.425. The molecule has 2 aliphatic rings. The van der Waals surface area contributed by atoms with Crippen LogP contribution < -0.4 is 4.90 Å². The second-order valence-corrected chi connectivity index (χ2v) is 10.0. The van der Waals surface area contributed by atoms with Crippen LogP contribution in [0.3, 0.4) is 0 Å². The molecule has 0 radical (unpaired) electrons. The van der Waals surface area contributed by atoms with Gasteiger partial charge in [-0.25, -0.2) is 0 Å². The van der Waals surface area contributed by atoms with Crippen LogP contribution in [0.5, 0.6) is 0 Å². The Morgan fingerprint density at radius 1 is 0.800 bits per heavy atom. The van der Waals surface area contributed by atoms with Crippen LogP contribution >= 0.6 is 11.8 Å². The molecule has 0 spiro atoms. The molecule has 0 N–H and O–H groups in total. The van der Waals surface area contributed by atoms with Crippen LogP contribution in [-0.2, 0) is 11.2 Å². The van der Waals surface area contributed by atoms with Gasteiger partial charge in [-0.05, 0) is 43.0 Å². The van der Waals surface area contributed by atoms with Crippen LogP contribution in [0.4, 0.5) is 5.69 Å². The molecule has 178 valence electrons. The lowest BCUT2D eigenvalue weighted by atomic mass is 9.88. The maximum Gasteiger partial charge on any atom is 0.254 e. The number of likely N-dealkylation sites (tertiary alicyclic amines) is 1. The highest BCUT2D eigenvalue weighted by Crippen LogP contribution is 2.31. The number of thioether (sulfide) groups is 1. The van der Waals surface area contributed by atoms with E-state index < -0.39 is 0 Å². The molecule has 1 saturated heterocycles. The topological polar surface area (TPSA) is 57.7 Å². The number of nitrogens with zero attached hydrogens (tertiary/aromatic N) is 2. The molecule has 0 atom stereocenters. The summed E-state index contributed by atoms with van der Waals surface area (Å²) in [4.78, 5) is 43.6. The third kappa shape index (κ3) is 5.03. The maximum atomic E-state index is 13.4. The molecule has 2 heterocycles. The number of hydrogen-bond donors (Lipinski definition) is 0. The Hall–Kier alpha value is -3.38. The first-order valence-corrected chi connectivity index (χ1v) is 13.1. The number of fused-ring (bicyclic) bond motifs is 1. The number of ketones is 1. The summed E-state index contributed by atoms with van der Waals surface area (Å²) in [6.45, 7) is 1.82. The average Bonchev–Trinajstić information content (AvgIpc) is 3.36. The first-order valence-electron chi connectivity index (χ1n) is 12.1. The molecule has 0 aromatic heterocycles. The number of Topliss-reactive ketones (excluding diaryl/α,β-unsaturated/α-hetero) is 1. The second kappa shape index (κ2) is 10.5. The fourth-order valence-corrected chi connectivity index (χ4v) is 5.86. The zero-order chi connectivity index (χ0) is 24.2. The number of amides is 2. The van der Waals surface area contributed by atoms with E-state index in [-0.39, 0.29) is 29.3 Å². The van der Waals surface area contributed by atoms with Crippen LogP contribution in [0, 0.1) is 5.92 Å². The minimum atomic E-state index is -0.0490. The highest BCUT2D eigenvalue weighted by atomic mass is 32.2. The van der Waals surface area contributed by atoms with Crippen molar-refractivity contribution in [2.24, 2.45) is 5.92 Å². The summed E-state index contributed by atoms with van der Waals surface area (Å²) in [6.07, 6.45) is 2.22.